The van der Waals surface area contributed by atoms with Crippen LogP contribution in [0.4, 0.5) is 0 Å². The van der Waals surface area contributed by atoms with E-state index in [4.69, 9.17) is 23.2 Å². The van der Waals surface area contributed by atoms with E-state index in [1.165, 1.54) is 5.56 Å². The summed E-state index contributed by atoms with van der Waals surface area (Å²) in [6, 6.07) is 5.99. The lowest BCUT2D eigenvalue weighted by Crippen LogP contribution is -2.59. The van der Waals surface area contributed by atoms with Crippen LogP contribution in [0.5, 0.6) is 0 Å². The minimum atomic E-state index is 0.244. The summed E-state index contributed by atoms with van der Waals surface area (Å²) in [5.74, 6) is 0.607. The molecule has 1 aliphatic rings. The van der Waals surface area contributed by atoms with Crippen LogP contribution in [0.1, 0.15) is 19.4 Å². The molecular formula is C12H15Cl2N. The topological polar surface area (TPSA) is 12.0 Å². The van der Waals surface area contributed by atoms with Crippen LogP contribution < -0.4 is 5.32 Å². The van der Waals surface area contributed by atoms with Crippen molar-refractivity contribution in [2.24, 2.45) is 5.92 Å². The maximum atomic E-state index is 6.05. The molecule has 0 unspecified atom stereocenters. The van der Waals surface area contributed by atoms with Crippen molar-refractivity contribution >= 4 is 23.2 Å². The van der Waals surface area contributed by atoms with Crippen molar-refractivity contribution in [1.29, 1.82) is 0 Å². The molecule has 1 aromatic rings. The van der Waals surface area contributed by atoms with Gasteiger partial charge < -0.3 is 5.32 Å². The summed E-state index contributed by atoms with van der Waals surface area (Å²) in [7, 11) is 0. The van der Waals surface area contributed by atoms with E-state index in [0.717, 1.165) is 13.1 Å². The molecule has 0 atom stereocenters. The number of benzene rings is 1. The summed E-state index contributed by atoms with van der Waals surface area (Å²) in [5, 5.41) is 4.62. The first-order chi connectivity index (χ1) is 7.06. The Morgan fingerprint density at radius 1 is 1.20 bits per heavy atom. The zero-order valence-electron chi connectivity index (χ0n) is 8.98. The minimum Gasteiger partial charge on any atom is -0.315 e. The summed E-state index contributed by atoms with van der Waals surface area (Å²) < 4.78 is 0. The van der Waals surface area contributed by atoms with Crippen LogP contribution in [-0.2, 0) is 5.41 Å². The predicted molar refractivity (Wildman–Crippen MR) is 65.8 cm³/mol. The van der Waals surface area contributed by atoms with Gasteiger partial charge in [0.05, 0.1) is 10.0 Å². The SMILES string of the molecule is CC(C)C1(c2ccc(Cl)c(Cl)c2)CNC1. The molecule has 0 aromatic heterocycles. The second kappa shape index (κ2) is 3.97. The summed E-state index contributed by atoms with van der Waals surface area (Å²) in [5.41, 5.74) is 1.54. The van der Waals surface area contributed by atoms with Crippen molar-refractivity contribution in [1.82, 2.24) is 5.32 Å². The van der Waals surface area contributed by atoms with Crippen molar-refractivity contribution in [2.75, 3.05) is 13.1 Å². The van der Waals surface area contributed by atoms with E-state index < -0.39 is 0 Å². The molecule has 0 spiro atoms. The minimum absolute atomic E-state index is 0.244. The Morgan fingerprint density at radius 2 is 1.87 bits per heavy atom. The van der Waals surface area contributed by atoms with Gasteiger partial charge in [0.25, 0.3) is 0 Å². The van der Waals surface area contributed by atoms with Crippen LogP contribution in [0, 0.1) is 5.92 Å². The van der Waals surface area contributed by atoms with E-state index in [9.17, 15) is 0 Å². The van der Waals surface area contributed by atoms with Gasteiger partial charge in [-0.25, -0.2) is 0 Å². The lowest BCUT2D eigenvalue weighted by molar-refractivity contribution is 0.199. The summed E-state index contributed by atoms with van der Waals surface area (Å²) >= 11 is 12.0. The average Bonchev–Trinajstić information content (AvgIpc) is 2.08. The highest BCUT2D eigenvalue weighted by Gasteiger charge is 2.41. The van der Waals surface area contributed by atoms with Crippen molar-refractivity contribution in [3.05, 3.63) is 33.8 Å². The third kappa shape index (κ3) is 1.77. The van der Waals surface area contributed by atoms with Gasteiger partial charge in [-0.15, -0.1) is 0 Å². The zero-order chi connectivity index (χ0) is 11.1. The number of hydrogen-bond donors (Lipinski definition) is 1. The molecular weight excluding hydrogens is 229 g/mol. The van der Waals surface area contributed by atoms with Crippen molar-refractivity contribution < 1.29 is 0 Å². The molecule has 0 radical (unpaired) electrons. The molecule has 1 aliphatic heterocycles. The second-order valence-corrected chi connectivity index (χ2v) is 5.36. The predicted octanol–water partition coefficient (Wildman–Crippen LogP) is 3.49. The van der Waals surface area contributed by atoms with Gasteiger partial charge in [-0.2, -0.15) is 0 Å². The molecule has 1 nitrogen and oxygen atoms in total. The van der Waals surface area contributed by atoms with Crippen LogP contribution in [0.3, 0.4) is 0 Å². The molecule has 3 heteroatoms. The van der Waals surface area contributed by atoms with E-state index in [1.54, 1.807) is 0 Å². The van der Waals surface area contributed by atoms with Crippen LogP contribution in [-0.4, -0.2) is 13.1 Å². The van der Waals surface area contributed by atoms with Crippen LogP contribution in [0.2, 0.25) is 10.0 Å². The average molecular weight is 244 g/mol. The van der Waals surface area contributed by atoms with Crippen LogP contribution in [0.15, 0.2) is 18.2 Å². The third-order valence-corrected chi connectivity index (χ3v) is 4.22. The number of rotatable bonds is 2. The van der Waals surface area contributed by atoms with Gasteiger partial charge in [0.15, 0.2) is 0 Å². The van der Waals surface area contributed by atoms with Gasteiger partial charge in [-0.1, -0.05) is 43.1 Å². The second-order valence-electron chi connectivity index (χ2n) is 4.54. The van der Waals surface area contributed by atoms with Gasteiger partial charge in [0.2, 0.25) is 0 Å². The smallest absolute Gasteiger partial charge is 0.0595 e. The van der Waals surface area contributed by atoms with Crippen molar-refractivity contribution in [3.63, 3.8) is 0 Å². The Balaban J connectivity index is 2.39. The largest absolute Gasteiger partial charge is 0.315 e. The molecule has 0 saturated carbocycles. The van der Waals surface area contributed by atoms with Gasteiger partial charge in [-0.3, -0.25) is 0 Å². The summed E-state index contributed by atoms with van der Waals surface area (Å²) in [6.45, 7) is 6.57. The Labute approximate surface area is 101 Å². The fourth-order valence-electron chi connectivity index (χ4n) is 2.15. The maximum Gasteiger partial charge on any atom is 0.0595 e. The van der Waals surface area contributed by atoms with Crippen molar-refractivity contribution in [2.45, 2.75) is 19.3 Å². The number of halogens is 2. The Hall–Kier alpha value is -0.240. The first-order valence-corrected chi connectivity index (χ1v) is 5.98. The monoisotopic (exact) mass is 243 g/mol. The standard InChI is InChI=1S/C12H15Cl2N/c1-8(2)12(6-15-7-12)9-3-4-10(13)11(14)5-9/h3-5,8,15H,6-7H2,1-2H3. The molecule has 82 valence electrons. The van der Waals surface area contributed by atoms with E-state index in [1.807, 2.05) is 12.1 Å². The first kappa shape index (κ1) is 11.3. The number of nitrogens with one attached hydrogen (secondary N) is 1. The molecule has 0 bridgehead atoms. The first-order valence-electron chi connectivity index (χ1n) is 5.22. The van der Waals surface area contributed by atoms with Gasteiger partial charge in [0.1, 0.15) is 0 Å². The fourth-order valence-corrected chi connectivity index (χ4v) is 2.44. The highest BCUT2D eigenvalue weighted by atomic mass is 35.5. The van der Waals surface area contributed by atoms with E-state index in [0.29, 0.717) is 16.0 Å². The molecule has 0 amide bonds. The Bertz CT molecular complexity index is 370. The van der Waals surface area contributed by atoms with E-state index in [-0.39, 0.29) is 5.41 Å². The van der Waals surface area contributed by atoms with Gasteiger partial charge in [0, 0.05) is 18.5 Å². The highest BCUT2D eigenvalue weighted by molar-refractivity contribution is 6.42. The summed E-state index contributed by atoms with van der Waals surface area (Å²) in [6.07, 6.45) is 0. The van der Waals surface area contributed by atoms with E-state index in [2.05, 4.69) is 25.2 Å². The quantitative estimate of drug-likeness (QED) is 0.839. The maximum absolute atomic E-state index is 6.05. The zero-order valence-corrected chi connectivity index (χ0v) is 10.5. The van der Waals surface area contributed by atoms with Crippen molar-refractivity contribution in [3.8, 4) is 0 Å². The molecule has 15 heavy (non-hydrogen) atoms. The molecule has 1 N–H and O–H groups in total. The molecule has 2 rings (SSSR count). The van der Waals surface area contributed by atoms with Crippen LogP contribution in [0.25, 0.3) is 0 Å². The van der Waals surface area contributed by atoms with Gasteiger partial charge >= 0.3 is 0 Å². The lowest BCUT2D eigenvalue weighted by Gasteiger charge is -2.46. The van der Waals surface area contributed by atoms with E-state index >= 15 is 0 Å². The third-order valence-electron chi connectivity index (χ3n) is 3.48. The molecule has 1 aromatic carbocycles. The molecule has 1 fully saturated rings. The normalized spacial score (nSPS) is 19.0. The molecule has 1 saturated heterocycles. The Morgan fingerprint density at radius 3 is 2.27 bits per heavy atom. The fraction of sp³-hybridized carbons (Fsp3) is 0.500. The lowest BCUT2D eigenvalue weighted by atomic mass is 9.67. The molecule has 1 heterocycles. The van der Waals surface area contributed by atoms with Gasteiger partial charge in [-0.05, 0) is 23.6 Å². The Kier molecular flexibility index (Phi) is 2.98. The highest BCUT2D eigenvalue weighted by Crippen LogP contribution is 2.38. The molecule has 0 aliphatic carbocycles. The summed E-state index contributed by atoms with van der Waals surface area (Å²) in [4.78, 5) is 0. The van der Waals surface area contributed by atoms with Crippen LogP contribution >= 0.6 is 23.2 Å². The number of hydrogen-bond acceptors (Lipinski definition) is 1.